The van der Waals surface area contributed by atoms with Gasteiger partial charge in [0.25, 0.3) is 0 Å². The van der Waals surface area contributed by atoms with E-state index in [1.165, 1.54) is 55.4 Å². The fraction of sp³-hybridized carbons (Fsp3) is 0.645. The summed E-state index contributed by atoms with van der Waals surface area (Å²) in [6, 6.07) is 6.39. The minimum absolute atomic E-state index is 0.153. The summed E-state index contributed by atoms with van der Waals surface area (Å²) in [7, 11) is 0. The molecule has 7 heteroatoms. The molecule has 0 saturated carbocycles. The number of carbonyl (C=O) groups excluding carboxylic acids is 2. The average molecular weight is 628 g/mol. The Labute approximate surface area is 233 Å². The number of hydrogen-bond donors (Lipinski definition) is 0. The summed E-state index contributed by atoms with van der Waals surface area (Å²) in [6.45, 7) is 13.2. The molecule has 2 aliphatic rings. The van der Waals surface area contributed by atoms with Crippen LogP contribution in [0.3, 0.4) is 0 Å². The number of benzene rings is 1. The summed E-state index contributed by atoms with van der Waals surface area (Å²) in [6.07, 6.45) is 10.8. The van der Waals surface area contributed by atoms with E-state index >= 15 is 0 Å². The molecule has 1 fully saturated rings. The average Bonchev–Trinajstić information content (AvgIpc) is 3.52. The Balaban J connectivity index is 1.94. The second-order valence-electron chi connectivity index (χ2n) is 12.3. The summed E-state index contributed by atoms with van der Waals surface area (Å²) >= 11 is -2.95. The van der Waals surface area contributed by atoms with Gasteiger partial charge in [-0.05, 0) is 0 Å². The standard InChI is InChI=1S/C19H20N3O3.3C4H9.Sn/c1-19(2,3)25-18(24)15-16-14-9-6-10-21(14)17(23)12-7-4-5-8-13(12)22(16)11-20-15;3*1-3-4-2;/h4-5,8,11,14H,6,9-10H2,1-3H3;3*1,3-4H2,2H3;/t14-;;;;/m0..../s1. The van der Waals surface area contributed by atoms with Gasteiger partial charge in [0.2, 0.25) is 0 Å². The predicted octanol–water partition coefficient (Wildman–Crippen LogP) is 7.17. The van der Waals surface area contributed by atoms with Gasteiger partial charge >= 0.3 is 234 Å². The van der Waals surface area contributed by atoms with Crippen LogP contribution < -0.4 is 3.58 Å². The minimum atomic E-state index is -2.95. The molecular formula is C31H47N3O3Sn. The first-order chi connectivity index (χ1) is 18.2. The first kappa shape index (κ1) is 29.2. The molecule has 0 radical (unpaired) electrons. The van der Waals surface area contributed by atoms with E-state index in [1.54, 1.807) is 6.33 Å². The van der Waals surface area contributed by atoms with Crippen molar-refractivity contribution in [3.63, 3.8) is 0 Å². The summed E-state index contributed by atoms with van der Waals surface area (Å²) in [5.41, 5.74) is 2.37. The van der Waals surface area contributed by atoms with Crippen LogP contribution in [-0.4, -0.2) is 56.9 Å². The van der Waals surface area contributed by atoms with Crippen molar-refractivity contribution in [2.45, 2.75) is 118 Å². The van der Waals surface area contributed by atoms with Crippen LogP contribution in [0.2, 0.25) is 13.3 Å². The summed E-state index contributed by atoms with van der Waals surface area (Å²) in [5.74, 6) is -0.255. The van der Waals surface area contributed by atoms with E-state index in [0.717, 1.165) is 36.3 Å². The quantitative estimate of drug-likeness (QED) is 0.196. The first-order valence-corrected chi connectivity index (χ1v) is 22.4. The number of carbonyl (C=O) groups is 2. The van der Waals surface area contributed by atoms with Gasteiger partial charge in [-0.2, -0.15) is 0 Å². The molecule has 4 rings (SSSR count). The van der Waals surface area contributed by atoms with E-state index < -0.39 is 29.9 Å². The third-order valence-electron chi connectivity index (χ3n) is 8.34. The van der Waals surface area contributed by atoms with Gasteiger partial charge in [0.1, 0.15) is 0 Å². The Hall–Kier alpha value is -1.83. The Kier molecular flexibility index (Phi) is 9.31. The number of fused-ring (bicyclic) bond motifs is 5. The van der Waals surface area contributed by atoms with Gasteiger partial charge in [0, 0.05) is 0 Å². The molecule has 0 unspecified atom stereocenters. The van der Waals surface area contributed by atoms with E-state index in [2.05, 4.69) is 48.5 Å². The molecule has 1 aromatic carbocycles. The van der Waals surface area contributed by atoms with Crippen LogP contribution in [0.15, 0.2) is 24.5 Å². The molecule has 0 bridgehead atoms. The SMILES string of the molecule is CCC[CH2][Sn]([CH2]CCC)([CH2]CCC)[c]1cccc2c1C(=O)N1CCC[C@H]1c1c(C(=O)OC(C)(C)C)ncn1-2. The van der Waals surface area contributed by atoms with E-state index in [1.807, 2.05) is 25.7 Å². The molecule has 1 atom stereocenters. The second kappa shape index (κ2) is 12.1. The van der Waals surface area contributed by atoms with Gasteiger partial charge in [-0.1, -0.05) is 0 Å². The van der Waals surface area contributed by atoms with Crippen molar-refractivity contribution in [1.82, 2.24) is 14.5 Å². The topological polar surface area (TPSA) is 64.4 Å². The maximum atomic E-state index is 14.5. The molecule has 38 heavy (non-hydrogen) atoms. The normalized spacial score (nSPS) is 17.2. The molecule has 2 aliphatic heterocycles. The number of ether oxygens (including phenoxy) is 1. The van der Waals surface area contributed by atoms with Crippen LogP contribution >= 0.6 is 0 Å². The predicted molar refractivity (Wildman–Crippen MR) is 156 cm³/mol. The van der Waals surface area contributed by atoms with Gasteiger partial charge in [-0.15, -0.1) is 0 Å². The van der Waals surface area contributed by atoms with Crippen LogP contribution in [0.25, 0.3) is 5.69 Å². The molecule has 1 amide bonds. The number of esters is 1. The molecular weight excluding hydrogens is 581 g/mol. The molecule has 208 valence electrons. The third-order valence-corrected chi connectivity index (χ3v) is 24.0. The van der Waals surface area contributed by atoms with Crippen molar-refractivity contribution in [3.8, 4) is 5.69 Å². The zero-order valence-electron chi connectivity index (χ0n) is 24.4. The van der Waals surface area contributed by atoms with Crippen LogP contribution in [0.5, 0.6) is 0 Å². The third kappa shape index (κ3) is 5.71. The number of aromatic nitrogens is 2. The number of rotatable bonds is 11. The molecule has 0 N–H and O–H groups in total. The fourth-order valence-corrected chi connectivity index (χ4v) is 23.3. The summed E-state index contributed by atoms with van der Waals surface area (Å²) in [4.78, 5) is 34.4. The van der Waals surface area contributed by atoms with Crippen LogP contribution in [-0.2, 0) is 4.74 Å². The van der Waals surface area contributed by atoms with Crippen LogP contribution in [0.1, 0.15) is 125 Å². The van der Waals surface area contributed by atoms with Gasteiger partial charge in [-0.3, -0.25) is 0 Å². The molecule has 0 spiro atoms. The molecule has 3 heterocycles. The summed E-state index contributed by atoms with van der Waals surface area (Å²) in [5, 5.41) is 0. The monoisotopic (exact) mass is 629 g/mol. The van der Waals surface area contributed by atoms with Crippen LogP contribution in [0, 0.1) is 0 Å². The van der Waals surface area contributed by atoms with E-state index in [0.29, 0.717) is 5.69 Å². The van der Waals surface area contributed by atoms with Crippen molar-refractivity contribution in [1.29, 1.82) is 0 Å². The van der Waals surface area contributed by atoms with Crippen LogP contribution in [0.4, 0.5) is 0 Å². The Morgan fingerprint density at radius 2 is 1.68 bits per heavy atom. The number of unbranched alkanes of at least 4 members (excludes halogenated alkanes) is 3. The van der Waals surface area contributed by atoms with Crippen molar-refractivity contribution in [2.75, 3.05) is 6.54 Å². The maximum absolute atomic E-state index is 14.5. The first-order valence-electron chi connectivity index (χ1n) is 14.9. The molecule has 6 nitrogen and oxygen atoms in total. The second-order valence-corrected chi connectivity index (χ2v) is 25.4. The van der Waals surface area contributed by atoms with Gasteiger partial charge < -0.3 is 0 Å². The number of nitrogens with zero attached hydrogens (tertiary/aromatic N) is 3. The van der Waals surface area contributed by atoms with Crippen molar-refractivity contribution in [3.05, 3.63) is 41.5 Å². The fourth-order valence-electron chi connectivity index (χ4n) is 6.52. The molecule has 2 aromatic rings. The van der Waals surface area contributed by atoms with Gasteiger partial charge in [0.05, 0.1) is 0 Å². The van der Waals surface area contributed by atoms with E-state index in [-0.39, 0.29) is 11.9 Å². The van der Waals surface area contributed by atoms with Gasteiger partial charge in [-0.25, -0.2) is 0 Å². The zero-order valence-corrected chi connectivity index (χ0v) is 27.3. The zero-order chi connectivity index (χ0) is 27.5. The number of imidazole rings is 1. The van der Waals surface area contributed by atoms with Crippen molar-refractivity contribution < 1.29 is 14.3 Å². The molecule has 0 aliphatic carbocycles. The molecule has 1 aromatic heterocycles. The summed E-state index contributed by atoms with van der Waals surface area (Å²) < 4.78 is 13.1. The Bertz CT molecular complexity index is 1130. The van der Waals surface area contributed by atoms with Crippen molar-refractivity contribution >= 4 is 33.8 Å². The molecule has 1 saturated heterocycles. The number of amides is 1. The van der Waals surface area contributed by atoms with Gasteiger partial charge in [0.15, 0.2) is 0 Å². The number of hydrogen-bond acceptors (Lipinski definition) is 4. The Morgan fingerprint density at radius 1 is 1.05 bits per heavy atom. The van der Waals surface area contributed by atoms with E-state index in [4.69, 9.17) is 4.74 Å². The van der Waals surface area contributed by atoms with Crippen molar-refractivity contribution in [2.24, 2.45) is 0 Å². The van der Waals surface area contributed by atoms with E-state index in [9.17, 15) is 9.59 Å². The Morgan fingerprint density at radius 3 is 2.26 bits per heavy atom.